The van der Waals surface area contributed by atoms with Crippen molar-refractivity contribution in [2.45, 2.75) is 18.2 Å². The number of ether oxygens (including phenoxy) is 1. The molecule has 0 bridgehead atoms. The highest BCUT2D eigenvalue weighted by molar-refractivity contribution is 6.13. The van der Waals surface area contributed by atoms with Gasteiger partial charge in [0, 0.05) is 53.8 Å². The van der Waals surface area contributed by atoms with Crippen molar-refractivity contribution < 1.29 is 9.13 Å². The second kappa shape index (κ2) is 10.3. The van der Waals surface area contributed by atoms with E-state index in [1.54, 1.807) is 0 Å². The number of aliphatic imine (C=N–C) groups is 1. The zero-order valence-electron chi connectivity index (χ0n) is 19.6. The summed E-state index contributed by atoms with van der Waals surface area (Å²) in [5.74, 6) is 1.09. The van der Waals surface area contributed by atoms with E-state index < -0.39 is 18.8 Å². The number of methoxy groups -OCH3 is 1. The predicted molar refractivity (Wildman–Crippen MR) is 137 cm³/mol. The number of nitrogens with zero attached hydrogens (tertiary/aromatic N) is 5. The number of hydrogen-bond acceptors (Lipinski definition) is 4. The minimum atomic E-state index is -0.877. The number of hydrogen-bond donors (Lipinski definition) is 0. The SMILES string of the molecule is CO[C@H](c1ccc(N2C[C@@H]3[C@H](C2)[C@H]3N=C(c2ccccc2)c2ccccc2)cc1)[C@@H](CF)N=[N+]=[N-]. The van der Waals surface area contributed by atoms with E-state index in [9.17, 15) is 4.39 Å². The minimum absolute atomic E-state index is 0.341. The number of azide groups is 1. The highest BCUT2D eigenvalue weighted by Crippen LogP contribution is 2.49. The third kappa shape index (κ3) is 4.78. The van der Waals surface area contributed by atoms with Crippen molar-refractivity contribution in [1.29, 1.82) is 0 Å². The molecule has 6 nitrogen and oxygen atoms in total. The number of anilines is 1. The summed E-state index contributed by atoms with van der Waals surface area (Å²) in [6.07, 6.45) is -0.606. The zero-order chi connectivity index (χ0) is 24.2. The molecule has 1 saturated carbocycles. The lowest BCUT2D eigenvalue weighted by Gasteiger charge is -2.24. The smallest absolute Gasteiger partial charge is 0.101 e. The molecule has 3 aromatic rings. The molecule has 0 N–H and O–H groups in total. The van der Waals surface area contributed by atoms with Crippen molar-refractivity contribution in [2.75, 3.05) is 31.8 Å². The van der Waals surface area contributed by atoms with Gasteiger partial charge in [-0.05, 0) is 23.2 Å². The van der Waals surface area contributed by atoms with Gasteiger partial charge in [0.2, 0.25) is 0 Å². The number of fused-ring (bicyclic) bond motifs is 1. The van der Waals surface area contributed by atoms with E-state index in [4.69, 9.17) is 15.3 Å². The summed E-state index contributed by atoms with van der Waals surface area (Å²) >= 11 is 0. The van der Waals surface area contributed by atoms with Crippen LogP contribution in [0.2, 0.25) is 0 Å². The Morgan fingerprint density at radius 2 is 1.54 bits per heavy atom. The number of halogens is 1. The first kappa shape index (κ1) is 23.1. The summed E-state index contributed by atoms with van der Waals surface area (Å²) in [6, 6.07) is 28.2. The van der Waals surface area contributed by atoms with Crippen LogP contribution in [0, 0.1) is 11.8 Å². The number of alkyl halides is 1. The Morgan fingerprint density at radius 3 is 2.03 bits per heavy atom. The maximum atomic E-state index is 13.3. The monoisotopic (exact) mass is 469 g/mol. The standard InChI is InChI=1S/C28H28FN5O/c1-35-28(25(16-29)32-33-30)21-12-14-22(15-13-21)34-17-23-24(18-34)27(23)31-26(19-8-4-2-5-9-19)20-10-6-3-7-11-20/h2-15,23-25,27-28H,16-18H2,1H3/t23-,24+,25-,27+,28-/m1/s1. The van der Waals surface area contributed by atoms with E-state index in [0.717, 1.165) is 41.2 Å². The fourth-order valence-electron chi connectivity index (χ4n) is 5.18. The maximum absolute atomic E-state index is 13.3. The molecule has 35 heavy (non-hydrogen) atoms. The molecular formula is C28H28FN5O. The molecule has 3 aromatic carbocycles. The van der Waals surface area contributed by atoms with Crippen LogP contribution < -0.4 is 4.90 Å². The Hall–Kier alpha value is -3.67. The molecule has 2 fully saturated rings. The molecule has 1 aliphatic carbocycles. The zero-order valence-corrected chi connectivity index (χ0v) is 19.6. The lowest BCUT2D eigenvalue weighted by atomic mass is 10.0. The van der Waals surface area contributed by atoms with Gasteiger partial charge in [0.1, 0.15) is 6.67 Å². The summed E-state index contributed by atoms with van der Waals surface area (Å²) in [5.41, 5.74) is 14.0. The predicted octanol–water partition coefficient (Wildman–Crippen LogP) is 5.99. The Morgan fingerprint density at radius 1 is 0.971 bits per heavy atom. The van der Waals surface area contributed by atoms with E-state index in [1.807, 2.05) is 36.4 Å². The Kier molecular flexibility index (Phi) is 6.80. The average Bonchev–Trinajstić information content (AvgIpc) is 3.35. The average molecular weight is 470 g/mol. The van der Waals surface area contributed by atoms with Gasteiger partial charge in [0.05, 0.1) is 23.9 Å². The molecule has 2 aliphatic rings. The number of piperidine rings is 1. The molecule has 178 valence electrons. The maximum Gasteiger partial charge on any atom is 0.101 e. The fourth-order valence-corrected chi connectivity index (χ4v) is 5.18. The fraction of sp³-hybridized carbons (Fsp3) is 0.321. The summed E-state index contributed by atoms with van der Waals surface area (Å²) in [5, 5.41) is 3.54. The van der Waals surface area contributed by atoms with Gasteiger partial charge in [-0.15, -0.1) is 0 Å². The highest BCUT2D eigenvalue weighted by atomic mass is 19.1. The summed E-state index contributed by atoms with van der Waals surface area (Å²) in [7, 11) is 1.50. The van der Waals surface area contributed by atoms with Crippen LogP contribution in [0.4, 0.5) is 10.1 Å². The molecule has 5 rings (SSSR count). The van der Waals surface area contributed by atoms with Crippen LogP contribution in [-0.4, -0.2) is 44.7 Å². The molecule has 0 spiro atoms. The second-order valence-corrected chi connectivity index (χ2v) is 9.11. The molecule has 7 heteroatoms. The molecule has 0 amide bonds. The van der Waals surface area contributed by atoms with Gasteiger partial charge in [-0.2, -0.15) is 0 Å². The first-order valence-corrected chi connectivity index (χ1v) is 11.9. The van der Waals surface area contributed by atoms with Crippen molar-refractivity contribution in [3.05, 3.63) is 112 Å². The van der Waals surface area contributed by atoms with Crippen LogP contribution >= 0.6 is 0 Å². The van der Waals surface area contributed by atoms with Gasteiger partial charge in [-0.3, -0.25) is 9.38 Å². The van der Waals surface area contributed by atoms with Crippen LogP contribution in [0.3, 0.4) is 0 Å². The molecule has 0 aromatic heterocycles. The molecule has 1 heterocycles. The normalized spacial score (nSPS) is 22.0. The number of benzene rings is 3. The van der Waals surface area contributed by atoms with Gasteiger partial charge in [-0.1, -0.05) is 77.9 Å². The third-order valence-electron chi connectivity index (χ3n) is 7.07. The second-order valence-electron chi connectivity index (χ2n) is 9.11. The highest BCUT2D eigenvalue weighted by Gasteiger charge is 2.56. The van der Waals surface area contributed by atoms with Crippen LogP contribution in [0.15, 0.2) is 95.0 Å². The van der Waals surface area contributed by atoms with E-state index in [0.29, 0.717) is 17.9 Å². The summed E-state index contributed by atoms with van der Waals surface area (Å²) in [4.78, 5) is 10.4. The van der Waals surface area contributed by atoms with E-state index in [1.165, 1.54) is 7.11 Å². The van der Waals surface area contributed by atoms with Crippen LogP contribution in [-0.2, 0) is 4.74 Å². The quantitative estimate of drug-likeness (QED) is 0.167. The first-order chi connectivity index (χ1) is 17.2. The van der Waals surface area contributed by atoms with Crippen molar-refractivity contribution in [2.24, 2.45) is 21.9 Å². The van der Waals surface area contributed by atoms with Crippen molar-refractivity contribution >= 4 is 11.4 Å². The van der Waals surface area contributed by atoms with Crippen molar-refractivity contribution in [3.8, 4) is 0 Å². The molecule has 1 aliphatic heterocycles. The van der Waals surface area contributed by atoms with Crippen LogP contribution in [0.5, 0.6) is 0 Å². The molecular weight excluding hydrogens is 441 g/mol. The van der Waals surface area contributed by atoms with E-state index >= 15 is 0 Å². The van der Waals surface area contributed by atoms with Crippen molar-refractivity contribution in [1.82, 2.24) is 0 Å². The van der Waals surface area contributed by atoms with Crippen LogP contribution in [0.25, 0.3) is 10.4 Å². The minimum Gasteiger partial charge on any atom is -0.376 e. The largest absolute Gasteiger partial charge is 0.376 e. The van der Waals surface area contributed by atoms with Gasteiger partial charge < -0.3 is 9.64 Å². The van der Waals surface area contributed by atoms with E-state index in [-0.39, 0.29) is 0 Å². The Balaban J connectivity index is 1.28. The Bertz CT molecular complexity index is 1160. The Labute approximate surface area is 204 Å². The lowest BCUT2D eigenvalue weighted by Crippen LogP contribution is -2.25. The van der Waals surface area contributed by atoms with E-state index in [2.05, 4.69) is 63.5 Å². The van der Waals surface area contributed by atoms with Gasteiger partial charge in [0.15, 0.2) is 0 Å². The molecule has 5 atom stereocenters. The van der Waals surface area contributed by atoms with Crippen molar-refractivity contribution in [3.63, 3.8) is 0 Å². The summed E-state index contributed by atoms with van der Waals surface area (Å²) < 4.78 is 18.7. The first-order valence-electron chi connectivity index (χ1n) is 11.9. The third-order valence-corrected chi connectivity index (χ3v) is 7.07. The molecule has 0 radical (unpaired) electrons. The topological polar surface area (TPSA) is 73.6 Å². The van der Waals surface area contributed by atoms with Gasteiger partial charge >= 0.3 is 0 Å². The molecule has 1 saturated heterocycles. The molecule has 0 unspecified atom stereocenters. The van der Waals surface area contributed by atoms with Crippen LogP contribution in [0.1, 0.15) is 22.8 Å². The van der Waals surface area contributed by atoms with Gasteiger partial charge in [0.25, 0.3) is 0 Å². The lowest BCUT2D eigenvalue weighted by molar-refractivity contribution is 0.0722. The van der Waals surface area contributed by atoms with Gasteiger partial charge in [-0.25, -0.2) is 0 Å². The summed E-state index contributed by atoms with van der Waals surface area (Å²) in [6.45, 7) is 1.17. The number of rotatable bonds is 9.